The third kappa shape index (κ3) is 2.92. The second-order valence-corrected chi connectivity index (χ2v) is 5.67. The number of rotatable bonds is 3. The average Bonchev–Trinajstić information content (AvgIpc) is 2.51. The second kappa shape index (κ2) is 5.61. The summed E-state index contributed by atoms with van der Waals surface area (Å²) in [5, 5.41) is 6.16. The van der Waals surface area contributed by atoms with Crippen molar-refractivity contribution in [3.8, 4) is 5.75 Å². The van der Waals surface area contributed by atoms with E-state index in [0.717, 1.165) is 17.6 Å². The van der Waals surface area contributed by atoms with Gasteiger partial charge in [-0.15, -0.1) is 0 Å². The molecule has 0 aliphatic carbocycles. The number of nitrogens with one attached hydrogen (secondary N) is 2. The third-order valence-electron chi connectivity index (χ3n) is 3.49. The van der Waals surface area contributed by atoms with E-state index < -0.39 is 5.82 Å². The molecule has 1 aromatic heterocycles. The van der Waals surface area contributed by atoms with E-state index in [-0.39, 0.29) is 16.7 Å². The van der Waals surface area contributed by atoms with Gasteiger partial charge in [0.1, 0.15) is 11.4 Å². The Hall–Kier alpha value is -2.08. The van der Waals surface area contributed by atoms with Gasteiger partial charge >= 0.3 is 0 Å². The third-order valence-corrected chi connectivity index (χ3v) is 3.68. The summed E-state index contributed by atoms with van der Waals surface area (Å²) in [6.07, 6.45) is 1.68. The summed E-state index contributed by atoms with van der Waals surface area (Å²) >= 11 is 5.68. The van der Waals surface area contributed by atoms with Crippen LogP contribution in [-0.2, 0) is 0 Å². The van der Waals surface area contributed by atoms with Gasteiger partial charge in [0, 0.05) is 5.69 Å². The van der Waals surface area contributed by atoms with Crippen molar-refractivity contribution in [2.75, 3.05) is 17.2 Å². The fourth-order valence-electron chi connectivity index (χ4n) is 2.13. The van der Waals surface area contributed by atoms with Gasteiger partial charge in [-0.1, -0.05) is 0 Å². The minimum absolute atomic E-state index is 0.0190. The molecule has 115 valence electrons. The van der Waals surface area contributed by atoms with Gasteiger partial charge in [-0.05, 0) is 50.1 Å². The zero-order chi connectivity index (χ0) is 15.7. The summed E-state index contributed by atoms with van der Waals surface area (Å²) in [5.41, 5.74) is 1.17. The molecular formula is C15H15ClFN4O. The first-order valence-electron chi connectivity index (χ1n) is 6.80. The molecule has 0 saturated heterocycles. The number of hydrogen-bond acceptors (Lipinski definition) is 5. The Morgan fingerprint density at radius 1 is 1.55 bits per heavy atom. The molecule has 0 amide bonds. The maximum Gasteiger partial charge on any atom is 0.224 e. The quantitative estimate of drug-likeness (QED) is 0.842. The van der Waals surface area contributed by atoms with E-state index in [1.54, 1.807) is 6.07 Å². The topological polar surface area (TPSA) is 59.1 Å². The van der Waals surface area contributed by atoms with Crippen molar-refractivity contribution >= 4 is 28.8 Å². The summed E-state index contributed by atoms with van der Waals surface area (Å²) in [6, 6.07) is 5.43. The SMILES string of the molecule is [CH2]CC1(C)CNc2cc(Nc3nc(Cl)ncc3F)ccc2O1. The Kier molecular flexibility index (Phi) is 3.78. The number of aromatic nitrogens is 2. The van der Waals surface area contributed by atoms with Crippen LogP contribution in [0.4, 0.5) is 21.6 Å². The molecule has 22 heavy (non-hydrogen) atoms. The van der Waals surface area contributed by atoms with E-state index in [0.29, 0.717) is 18.7 Å². The molecule has 2 N–H and O–H groups in total. The van der Waals surface area contributed by atoms with Crippen LogP contribution in [-0.4, -0.2) is 22.1 Å². The van der Waals surface area contributed by atoms with Crippen LogP contribution in [0.2, 0.25) is 5.28 Å². The predicted molar refractivity (Wildman–Crippen MR) is 84.2 cm³/mol. The number of hydrogen-bond donors (Lipinski definition) is 2. The number of ether oxygens (including phenoxy) is 1. The summed E-state index contributed by atoms with van der Waals surface area (Å²) < 4.78 is 19.6. The highest BCUT2D eigenvalue weighted by Crippen LogP contribution is 2.36. The smallest absolute Gasteiger partial charge is 0.224 e. The zero-order valence-corrected chi connectivity index (χ0v) is 12.7. The molecule has 1 atom stereocenters. The molecule has 1 unspecified atom stereocenters. The van der Waals surface area contributed by atoms with Crippen molar-refractivity contribution in [2.45, 2.75) is 18.9 Å². The van der Waals surface area contributed by atoms with Crippen molar-refractivity contribution in [2.24, 2.45) is 0 Å². The number of nitrogens with zero attached hydrogens (tertiary/aromatic N) is 2. The van der Waals surface area contributed by atoms with Crippen LogP contribution < -0.4 is 15.4 Å². The van der Waals surface area contributed by atoms with E-state index in [1.165, 1.54) is 0 Å². The Bertz CT molecular complexity index is 712. The minimum atomic E-state index is -0.573. The lowest BCUT2D eigenvalue weighted by molar-refractivity contribution is 0.0978. The molecule has 1 radical (unpaired) electrons. The van der Waals surface area contributed by atoms with E-state index in [9.17, 15) is 4.39 Å². The Morgan fingerprint density at radius 3 is 3.14 bits per heavy atom. The minimum Gasteiger partial charge on any atom is -0.484 e. The predicted octanol–water partition coefficient (Wildman–Crippen LogP) is 3.80. The van der Waals surface area contributed by atoms with E-state index in [2.05, 4.69) is 27.5 Å². The maximum atomic E-state index is 13.6. The van der Waals surface area contributed by atoms with Crippen LogP contribution in [0.15, 0.2) is 24.4 Å². The molecule has 1 aliphatic rings. The van der Waals surface area contributed by atoms with Crippen molar-refractivity contribution in [1.29, 1.82) is 0 Å². The van der Waals surface area contributed by atoms with E-state index in [4.69, 9.17) is 16.3 Å². The Labute approximate surface area is 132 Å². The number of anilines is 3. The van der Waals surface area contributed by atoms with Crippen molar-refractivity contribution in [1.82, 2.24) is 9.97 Å². The van der Waals surface area contributed by atoms with E-state index in [1.807, 2.05) is 19.1 Å². The highest BCUT2D eigenvalue weighted by Gasteiger charge is 2.29. The van der Waals surface area contributed by atoms with Crippen molar-refractivity contribution < 1.29 is 9.13 Å². The zero-order valence-electron chi connectivity index (χ0n) is 12.0. The molecular weight excluding hydrogens is 307 g/mol. The van der Waals surface area contributed by atoms with Crippen LogP contribution in [0.3, 0.4) is 0 Å². The molecule has 2 heterocycles. The first kappa shape index (κ1) is 14.8. The fraction of sp³-hybridized carbons (Fsp3) is 0.267. The van der Waals surface area contributed by atoms with Gasteiger partial charge in [-0.3, -0.25) is 0 Å². The van der Waals surface area contributed by atoms with Gasteiger partial charge in [0.05, 0.1) is 18.4 Å². The van der Waals surface area contributed by atoms with Gasteiger partial charge in [0.25, 0.3) is 0 Å². The summed E-state index contributed by atoms with van der Waals surface area (Å²) in [4.78, 5) is 7.40. The van der Waals surface area contributed by atoms with Gasteiger partial charge in [-0.2, -0.15) is 4.98 Å². The first-order valence-corrected chi connectivity index (χ1v) is 7.18. The monoisotopic (exact) mass is 321 g/mol. The van der Waals surface area contributed by atoms with Gasteiger partial charge in [0.2, 0.25) is 5.28 Å². The molecule has 0 saturated carbocycles. The molecule has 0 spiro atoms. The fourth-order valence-corrected chi connectivity index (χ4v) is 2.26. The normalized spacial score (nSPS) is 19.8. The van der Waals surface area contributed by atoms with Gasteiger partial charge in [0.15, 0.2) is 11.6 Å². The summed E-state index contributed by atoms with van der Waals surface area (Å²) in [5.74, 6) is 0.194. The molecule has 1 aliphatic heterocycles. The summed E-state index contributed by atoms with van der Waals surface area (Å²) in [7, 11) is 0. The lowest BCUT2D eigenvalue weighted by Gasteiger charge is -2.36. The number of halogens is 2. The van der Waals surface area contributed by atoms with Gasteiger partial charge < -0.3 is 15.4 Å². The molecule has 7 heteroatoms. The van der Waals surface area contributed by atoms with Crippen LogP contribution in [0.5, 0.6) is 5.75 Å². The maximum absolute atomic E-state index is 13.6. The largest absolute Gasteiger partial charge is 0.484 e. The highest BCUT2D eigenvalue weighted by molar-refractivity contribution is 6.28. The lowest BCUT2D eigenvalue weighted by atomic mass is 10.0. The highest BCUT2D eigenvalue weighted by atomic mass is 35.5. The second-order valence-electron chi connectivity index (χ2n) is 5.33. The molecule has 2 aromatic rings. The standard InChI is InChI=1S/C15H15ClFN4O/c1-3-15(2)8-19-11-6-9(4-5-12(11)22-15)20-13-10(17)7-18-14(16)21-13/h4-7,19H,1,3,8H2,2H3,(H,18,20,21). The Morgan fingerprint density at radius 2 is 2.36 bits per heavy atom. The average molecular weight is 322 g/mol. The number of benzene rings is 1. The lowest BCUT2D eigenvalue weighted by Crippen LogP contribution is -2.42. The van der Waals surface area contributed by atoms with Crippen LogP contribution in [0.25, 0.3) is 0 Å². The molecule has 1 aromatic carbocycles. The summed E-state index contributed by atoms with van der Waals surface area (Å²) in [6.45, 7) is 6.55. The van der Waals surface area contributed by atoms with Crippen LogP contribution >= 0.6 is 11.6 Å². The van der Waals surface area contributed by atoms with Crippen molar-refractivity contribution in [3.63, 3.8) is 0 Å². The van der Waals surface area contributed by atoms with Crippen LogP contribution in [0.1, 0.15) is 13.3 Å². The first-order chi connectivity index (χ1) is 10.5. The van der Waals surface area contributed by atoms with E-state index >= 15 is 0 Å². The molecule has 0 bridgehead atoms. The molecule has 3 rings (SSSR count). The van der Waals surface area contributed by atoms with Crippen LogP contribution in [0, 0.1) is 12.7 Å². The Balaban J connectivity index is 1.84. The van der Waals surface area contributed by atoms with Crippen molar-refractivity contribution in [3.05, 3.63) is 42.4 Å². The molecule has 5 nitrogen and oxygen atoms in total. The molecule has 0 fully saturated rings. The number of fused-ring (bicyclic) bond motifs is 1. The van der Waals surface area contributed by atoms with Gasteiger partial charge in [-0.25, -0.2) is 9.37 Å².